The number of nitrogens with zero attached hydrogens (tertiary/aromatic N) is 1. The molecule has 1 heterocycles. The van der Waals surface area contributed by atoms with Crippen molar-refractivity contribution in [1.82, 2.24) is 15.5 Å². The number of urea groups is 1. The average Bonchev–Trinajstić information content (AvgIpc) is 2.38. The van der Waals surface area contributed by atoms with Crippen molar-refractivity contribution in [3.8, 4) is 0 Å². The number of rotatable bonds is 5. The molecule has 1 fully saturated rings. The number of amides is 4. The molecule has 4 amide bonds. The number of nitrogens with two attached hydrogens (primary N) is 1. The zero-order valence-electron chi connectivity index (χ0n) is 11.0. The summed E-state index contributed by atoms with van der Waals surface area (Å²) in [5, 5.41) is 4.83. The third-order valence-corrected chi connectivity index (χ3v) is 2.79. The summed E-state index contributed by atoms with van der Waals surface area (Å²) in [5.41, 5.74) is 4.83. The van der Waals surface area contributed by atoms with Gasteiger partial charge in [0.15, 0.2) is 0 Å². The molecule has 1 saturated heterocycles. The van der Waals surface area contributed by atoms with Crippen LogP contribution in [0.15, 0.2) is 0 Å². The van der Waals surface area contributed by atoms with Crippen LogP contribution in [0.1, 0.15) is 13.3 Å². The predicted molar refractivity (Wildman–Crippen MR) is 67.2 cm³/mol. The molecule has 1 rings (SSSR count). The molecule has 0 aromatic rings. The molecule has 8 heteroatoms. The number of carbonyl (C=O) groups excluding carboxylic acids is 3. The van der Waals surface area contributed by atoms with Crippen LogP contribution in [0, 0.1) is 0 Å². The van der Waals surface area contributed by atoms with Gasteiger partial charge in [-0.2, -0.15) is 0 Å². The van der Waals surface area contributed by atoms with Gasteiger partial charge in [-0.05, 0) is 6.92 Å². The summed E-state index contributed by atoms with van der Waals surface area (Å²) in [5.74, 6) is -0.482. The highest BCUT2D eigenvalue weighted by Crippen LogP contribution is 1.99. The smallest absolute Gasteiger partial charge is 0.318 e. The van der Waals surface area contributed by atoms with E-state index in [1.807, 2.05) is 5.32 Å². The van der Waals surface area contributed by atoms with Crippen LogP contribution in [-0.4, -0.2) is 61.6 Å². The second kappa shape index (κ2) is 7.70. The molecule has 4 N–H and O–H groups in total. The Bertz CT molecular complexity index is 342. The summed E-state index contributed by atoms with van der Waals surface area (Å²) in [4.78, 5) is 35.4. The van der Waals surface area contributed by atoms with E-state index in [0.717, 1.165) is 0 Å². The van der Waals surface area contributed by atoms with E-state index < -0.39 is 18.0 Å². The highest BCUT2D eigenvalue weighted by Gasteiger charge is 2.18. The molecule has 8 nitrogen and oxygen atoms in total. The highest BCUT2D eigenvalue weighted by molar-refractivity contribution is 5.96. The van der Waals surface area contributed by atoms with E-state index in [1.54, 1.807) is 11.8 Å². The van der Waals surface area contributed by atoms with Crippen LogP contribution in [0.25, 0.3) is 0 Å². The van der Waals surface area contributed by atoms with Crippen molar-refractivity contribution in [3.63, 3.8) is 0 Å². The molecule has 0 aliphatic carbocycles. The van der Waals surface area contributed by atoms with Crippen molar-refractivity contribution < 1.29 is 19.1 Å². The molecule has 0 bridgehead atoms. The van der Waals surface area contributed by atoms with Crippen LogP contribution < -0.4 is 16.4 Å². The van der Waals surface area contributed by atoms with Gasteiger partial charge in [0.2, 0.25) is 11.8 Å². The van der Waals surface area contributed by atoms with Gasteiger partial charge in [-0.1, -0.05) is 0 Å². The van der Waals surface area contributed by atoms with Crippen molar-refractivity contribution in [3.05, 3.63) is 0 Å². The highest BCUT2D eigenvalue weighted by atomic mass is 16.5. The van der Waals surface area contributed by atoms with Crippen LogP contribution >= 0.6 is 0 Å². The normalized spacial score (nSPS) is 16.8. The first-order chi connectivity index (χ1) is 9.00. The fourth-order valence-corrected chi connectivity index (χ4v) is 1.69. The monoisotopic (exact) mass is 272 g/mol. The molecular formula is C11H20N4O4. The molecule has 0 radical (unpaired) electrons. The van der Waals surface area contributed by atoms with Crippen molar-refractivity contribution in [2.24, 2.45) is 5.73 Å². The fourth-order valence-electron chi connectivity index (χ4n) is 1.69. The molecular weight excluding hydrogens is 252 g/mol. The Balaban J connectivity index is 2.20. The number of nitrogens with one attached hydrogen (secondary N) is 2. The standard InChI is InChI=1S/C11H20N4O4/c1-8(10(17)14-11(12)18)13-3-2-9(16)15-4-6-19-7-5-15/h8,13H,2-7H2,1H3,(H3,12,14,17,18). The maximum atomic E-state index is 11.8. The summed E-state index contributed by atoms with van der Waals surface area (Å²) in [6.45, 7) is 4.31. The number of morpholine rings is 1. The van der Waals surface area contributed by atoms with Gasteiger partial charge < -0.3 is 20.7 Å². The lowest BCUT2D eigenvalue weighted by Gasteiger charge is -2.27. The molecule has 1 atom stereocenters. The number of primary amides is 1. The van der Waals surface area contributed by atoms with Crippen molar-refractivity contribution in [2.75, 3.05) is 32.8 Å². The Morgan fingerprint density at radius 2 is 1.95 bits per heavy atom. The third-order valence-electron chi connectivity index (χ3n) is 2.79. The summed E-state index contributed by atoms with van der Waals surface area (Å²) < 4.78 is 5.15. The lowest BCUT2D eigenvalue weighted by atomic mass is 10.2. The summed E-state index contributed by atoms with van der Waals surface area (Å²) in [7, 11) is 0. The van der Waals surface area contributed by atoms with Crippen LogP contribution in [0.3, 0.4) is 0 Å². The summed E-state index contributed by atoms with van der Waals surface area (Å²) >= 11 is 0. The molecule has 19 heavy (non-hydrogen) atoms. The minimum absolute atomic E-state index is 0.0262. The maximum Gasteiger partial charge on any atom is 0.318 e. The molecule has 0 spiro atoms. The van der Waals surface area contributed by atoms with Crippen molar-refractivity contribution in [2.45, 2.75) is 19.4 Å². The number of carbonyl (C=O) groups is 3. The van der Waals surface area contributed by atoms with Gasteiger partial charge in [0.25, 0.3) is 0 Å². The summed E-state index contributed by atoms with van der Waals surface area (Å²) in [6.07, 6.45) is 0.300. The maximum absolute atomic E-state index is 11.8. The third kappa shape index (κ3) is 5.66. The minimum Gasteiger partial charge on any atom is -0.378 e. The lowest BCUT2D eigenvalue weighted by Crippen LogP contribution is -2.47. The molecule has 108 valence electrons. The van der Waals surface area contributed by atoms with Gasteiger partial charge in [-0.15, -0.1) is 0 Å². The van der Waals surface area contributed by atoms with Gasteiger partial charge in [0.1, 0.15) is 0 Å². The van der Waals surface area contributed by atoms with E-state index in [-0.39, 0.29) is 5.91 Å². The second-order valence-corrected chi connectivity index (χ2v) is 4.27. The van der Waals surface area contributed by atoms with E-state index in [4.69, 9.17) is 10.5 Å². The van der Waals surface area contributed by atoms with Crippen LogP contribution in [0.5, 0.6) is 0 Å². The Kier molecular flexibility index (Phi) is 6.23. The van der Waals surface area contributed by atoms with Gasteiger partial charge in [-0.3, -0.25) is 14.9 Å². The average molecular weight is 272 g/mol. The van der Waals surface area contributed by atoms with Gasteiger partial charge in [-0.25, -0.2) is 4.79 Å². The Labute approximate surface area is 111 Å². The number of hydrogen-bond donors (Lipinski definition) is 3. The lowest BCUT2D eigenvalue weighted by molar-refractivity contribution is -0.135. The number of ether oxygens (including phenoxy) is 1. The van der Waals surface area contributed by atoms with Gasteiger partial charge in [0, 0.05) is 26.1 Å². The van der Waals surface area contributed by atoms with Crippen molar-refractivity contribution >= 4 is 17.8 Å². The van der Waals surface area contributed by atoms with Crippen LogP contribution in [0.4, 0.5) is 4.79 Å². The van der Waals surface area contributed by atoms with E-state index in [2.05, 4.69) is 5.32 Å². The first-order valence-corrected chi connectivity index (χ1v) is 6.20. The van der Waals surface area contributed by atoms with Gasteiger partial charge >= 0.3 is 6.03 Å². The van der Waals surface area contributed by atoms with E-state index in [0.29, 0.717) is 39.3 Å². The molecule has 1 aliphatic rings. The van der Waals surface area contributed by atoms with Crippen LogP contribution in [-0.2, 0) is 14.3 Å². The van der Waals surface area contributed by atoms with E-state index in [9.17, 15) is 14.4 Å². The summed E-state index contributed by atoms with van der Waals surface area (Å²) in [6, 6.07) is -1.46. The minimum atomic E-state index is -0.886. The topological polar surface area (TPSA) is 114 Å². The largest absolute Gasteiger partial charge is 0.378 e. The molecule has 0 aromatic heterocycles. The quantitative estimate of drug-likeness (QED) is 0.558. The Morgan fingerprint density at radius 1 is 1.32 bits per heavy atom. The van der Waals surface area contributed by atoms with E-state index >= 15 is 0 Å². The van der Waals surface area contributed by atoms with Crippen molar-refractivity contribution in [1.29, 1.82) is 0 Å². The number of imide groups is 1. The molecule has 0 saturated carbocycles. The SMILES string of the molecule is CC(NCCC(=O)N1CCOCC1)C(=O)NC(N)=O. The zero-order chi connectivity index (χ0) is 14.3. The first-order valence-electron chi connectivity index (χ1n) is 6.20. The first kappa shape index (κ1) is 15.4. The Morgan fingerprint density at radius 3 is 2.53 bits per heavy atom. The van der Waals surface area contributed by atoms with Gasteiger partial charge in [0.05, 0.1) is 19.3 Å². The Hall–Kier alpha value is -1.67. The van der Waals surface area contributed by atoms with Crippen LogP contribution in [0.2, 0.25) is 0 Å². The predicted octanol–water partition coefficient (Wildman–Crippen LogP) is -1.59. The zero-order valence-corrected chi connectivity index (χ0v) is 11.0. The fraction of sp³-hybridized carbons (Fsp3) is 0.727. The molecule has 1 unspecified atom stereocenters. The molecule has 0 aromatic carbocycles. The second-order valence-electron chi connectivity index (χ2n) is 4.27. The molecule has 1 aliphatic heterocycles. The van der Waals surface area contributed by atoms with E-state index in [1.165, 1.54) is 0 Å². The number of hydrogen-bond acceptors (Lipinski definition) is 5.